The van der Waals surface area contributed by atoms with E-state index in [1.807, 2.05) is 0 Å². The molecular weight excluding hydrogens is 266 g/mol. The highest BCUT2D eigenvalue weighted by molar-refractivity contribution is 8.04. The quantitative estimate of drug-likeness (QED) is 0.620. The van der Waals surface area contributed by atoms with Gasteiger partial charge in [-0.25, -0.2) is 16.8 Å². The second-order valence-electron chi connectivity index (χ2n) is 2.92. The van der Waals surface area contributed by atoms with Crippen LogP contribution in [0.2, 0.25) is 0 Å². The predicted octanol–water partition coefficient (Wildman–Crippen LogP) is -0.180. The van der Waals surface area contributed by atoms with E-state index in [2.05, 4.69) is 0 Å². The van der Waals surface area contributed by atoms with Crippen LogP contribution in [0.3, 0.4) is 0 Å². The summed E-state index contributed by atoms with van der Waals surface area (Å²) in [6, 6.07) is 0. The lowest BCUT2D eigenvalue weighted by molar-refractivity contribution is -0.141. The van der Waals surface area contributed by atoms with Gasteiger partial charge in [0.25, 0.3) is 10.0 Å². The van der Waals surface area contributed by atoms with Crippen molar-refractivity contribution in [1.82, 2.24) is 3.71 Å². The van der Waals surface area contributed by atoms with Gasteiger partial charge in [0.15, 0.2) is 0 Å². The van der Waals surface area contributed by atoms with Gasteiger partial charge < -0.3 is 0 Å². The molecule has 1 heterocycles. The standard InChI is InChI=1S/C4H5F4NO4S2/c1-14(10,11)9-2-3(5,6)4(7,8)15(9,12)13/h2H2,1H3. The van der Waals surface area contributed by atoms with E-state index in [0.717, 1.165) is 0 Å². The number of nitrogens with zero attached hydrogens (tertiary/aromatic N) is 1. The topological polar surface area (TPSA) is 71.5 Å². The van der Waals surface area contributed by atoms with Crippen molar-refractivity contribution in [2.24, 2.45) is 0 Å². The first-order chi connectivity index (χ1) is 6.34. The van der Waals surface area contributed by atoms with Crippen molar-refractivity contribution < 1.29 is 34.4 Å². The third kappa shape index (κ3) is 1.52. The Labute approximate surface area is 82.8 Å². The van der Waals surface area contributed by atoms with Crippen molar-refractivity contribution in [1.29, 1.82) is 0 Å². The second-order valence-corrected chi connectivity index (χ2v) is 6.96. The Hall–Kier alpha value is -0.420. The van der Waals surface area contributed by atoms with Gasteiger partial charge in [-0.3, -0.25) is 0 Å². The summed E-state index contributed by atoms with van der Waals surface area (Å²) in [5.41, 5.74) is 0. The molecule has 1 aliphatic rings. The van der Waals surface area contributed by atoms with Gasteiger partial charge in [0.2, 0.25) is 10.0 Å². The van der Waals surface area contributed by atoms with E-state index >= 15 is 0 Å². The summed E-state index contributed by atoms with van der Waals surface area (Å²) in [5, 5.41) is -5.40. The SMILES string of the molecule is CS(=O)(=O)N1CC(F)(F)C(F)(F)S1(=O)=O. The van der Waals surface area contributed by atoms with Crippen LogP contribution in [0.4, 0.5) is 17.6 Å². The van der Waals surface area contributed by atoms with E-state index in [0.29, 0.717) is 0 Å². The van der Waals surface area contributed by atoms with Crippen LogP contribution in [0, 0.1) is 0 Å². The Morgan fingerprint density at radius 3 is 1.73 bits per heavy atom. The van der Waals surface area contributed by atoms with Gasteiger partial charge in [-0.15, -0.1) is 0 Å². The lowest BCUT2D eigenvalue weighted by Crippen LogP contribution is -2.41. The summed E-state index contributed by atoms with van der Waals surface area (Å²) in [7, 11) is -10.5. The molecule has 0 aromatic rings. The van der Waals surface area contributed by atoms with Crippen molar-refractivity contribution >= 4 is 20.0 Å². The number of sulfonamides is 2. The minimum Gasteiger partial charge on any atom is -0.212 e. The Morgan fingerprint density at radius 2 is 1.60 bits per heavy atom. The van der Waals surface area contributed by atoms with Gasteiger partial charge in [-0.1, -0.05) is 3.71 Å². The van der Waals surface area contributed by atoms with Gasteiger partial charge in [0.1, 0.15) is 6.54 Å². The number of halogens is 4. The van der Waals surface area contributed by atoms with Crippen LogP contribution in [0.5, 0.6) is 0 Å². The van der Waals surface area contributed by atoms with Crippen LogP contribution >= 0.6 is 0 Å². The third-order valence-electron chi connectivity index (χ3n) is 1.72. The van der Waals surface area contributed by atoms with Gasteiger partial charge in [0.05, 0.1) is 6.26 Å². The largest absolute Gasteiger partial charge is 0.423 e. The minimum absolute atomic E-state index is 0.252. The Kier molecular flexibility index (Phi) is 2.38. The Balaban J connectivity index is 3.47. The second kappa shape index (κ2) is 2.83. The molecule has 90 valence electrons. The zero-order chi connectivity index (χ0) is 12.3. The first-order valence-corrected chi connectivity index (χ1v) is 6.61. The normalized spacial score (nSPS) is 29.1. The van der Waals surface area contributed by atoms with Crippen LogP contribution in [0.15, 0.2) is 0 Å². The molecule has 1 aliphatic heterocycles. The van der Waals surface area contributed by atoms with Gasteiger partial charge in [-0.2, -0.15) is 17.6 Å². The van der Waals surface area contributed by atoms with Crippen molar-refractivity contribution in [3.05, 3.63) is 0 Å². The van der Waals surface area contributed by atoms with Crippen molar-refractivity contribution in [2.75, 3.05) is 12.8 Å². The minimum atomic E-state index is -5.87. The fourth-order valence-electron chi connectivity index (χ4n) is 0.951. The Morgan fingerprint density at radius 1 is 1.20 bits per heavy atom. The van der Waals surface area contributed by atoms with Crippen LogP contribution in [-0.4, -0.2) is 44.5 Å². The molecule has 0 unspecified atom stereocenters. The molecule has 0 saturated carbocycles. The molecule has 0 radical (unpaired) electrons. The maximum absolute atomic E-state index is 12.6. The van der Waals surface area contributed by atoms with Crippen molar-refractivity contribution in [3.8, 4) is 0 Å². The monoisotopic (exact) mass is 271 g/mol. The summed E-state index contributed by atoms with van der Waals surface area (Å²) in [5.74, 6) is -4.92. The zero-order valence-corrected chi connectivity index (χ0v) is 8.75. The van der Waals surface area contributed by atoms with Crippen LogP contribution in [-0.2, 0) is 20.0 Å². The maximum Gasteiger partial charge on any atom is 0.423 e. The van der Waals surface area contributed by atoms with E-state index < -0.39 is 41.5 Å². The summed E-state index contributed by atoms with van der Waals surface area (Å²) < 4.78 is 92.5. The van der Waals surface area contributed by atoms with E-state index in [9.17, 15) is 34.4 Å². The molecule has 0 N–H and O–H groups in total. The Bertz CT molecular complexity index is 481. The molecule has 1 rings (SSSR count). The molecule has 0 atom stereocenters. The summed E-state index contributed by atoms with van der Waals surface area (Å²) >= 11 is 0. The lowest BCUT2D eigenvalue weighted by Gasteiger charge is -2.14. The molecule has 11 heteroatoms. The molecule has 0 bridgehead atoms. The molecule has 5 nitrogen and oxygen atoms in total. The average Bonchev–Trinajstić information content (AvgIpc) is 2.07. The van der Waals surface area contributed by atoms with E-state index in [1.54, 1.807) is 0 Å². The van der Waals surface area contributed by atoms with Crippen molar-refractivity contribution in [3.63, 3.8) is 0 Å². The summed E-state index contributed by atoms with van der Waals surface area (Å²) in [6.07, 6.45) is 0.252. The summed E-state index contributed by atoms with van der Waals surface area (Å²) in [6.45, 7) is -2.07. The maximum atomic E-state index is 12.6. The molecule has 0 spiro atoms. The molecule has 0 aliphatic carbocycles. The summed E-state index contributed by atoms with van der Waals surface area (Å²) in [4.78, 5) is 0. The van der Waals surface area contributed by atoms with Gasteiger partial charge >= 0.3 is 11.2 Å². The first-order valence-electron chi connectivity index (χ1n) is 3.32. The average molecular weight is 271 g/mol. The highest BCUT2D eigenvalue weighted by Gasteiger charge is 2.75. The number of hydrogen-bond donors (Lipinski definition) is 0. The molecule has 0 amide bonds. The highest BCUT2D eigenvalue weighted by atomic mass is 32.3. The van der Waals surface area contributed by atoms with Crippen LogP contribution in [0.25, 0.3) is 0 Å². The van der Waals surface area contributed by atoms with E-state index in [-0.39, 0.29) is 6.26 Å². The van der Waals surface area contributed by atoms with Crippen LogP contribution < -0.4 is 0 Å². The molecule has 0 aromatic heterocycles. The molecular formula is C4H5F4NO4S2. The lowest BCUT2D eigenvalue weighted by atomic mass is 10.3. The van der Waals surface area contributed by atoms with Gasteiger partial charge in [0, 0.05) is 0 Å². The van der Waals surface area contributed by atoms with Crippen LogP contribution in [0.1, 0.15) is 0 Å². The highest BCUT2D eigenvalue weighted by Crippen LogP contribution is 2.47. The number of rotatable bonds is 1. The molecule has 15 heavy (non-hydrogen) atoms. The predicted molar refractivity (Wildman–Crippen MR) is 40.4 cm³/mol. The number of hydrogen-bond acceptors (Lipinski definition) is 4. The fraction of sp³-hybridized carbons (Fsp3) is 1.00. The molecule has 0 aromatic carbocycles. The number of alkyl halides is 4. The smallest absolute Gasteiger partial charge is 0.212 e. The van der Waals surface area contributed by atoms with Crippen molar-refractivity contribution in [2.45, 2.75) is 11.2 Å². The zero-order valence-electron chi connectivity index (χ0n) is 7.12. The third-order valence-corrected chi connectivity index (χ3v) is 5.60. The van der Waals surface area contributed by atoms with E-state index in [4.69, 9.17) is 0 Å². The fourth-order valence-corrected chi connectivity index (χ4v) is 4.08. The molecule has 1 saturated heterocycles. The molecule has 1 fully saturated rings. The van der Waals surface area contributed by atoms with Gasteiger partial charge in [-0.05, 0) is 0 Å². The first kappa shape index (κ1) is 12.6. The van der Waals surface area contributed by atoms with E-state index in [1.165, 1.54) is 0 Å².